The van der Waals surface area contributed by atoms with E-state index in [4.69, 9.17) is 27.9 Å². The molecule has 2 aromatic rings. The van der Waals surface area contributed by atoms with Gasteiger partial charge in [0.05, 0.1) is 12.8 Å². The lowest BCUT2D eigenvalue weighted by atomic mass is 10.1. The van der Waals surface area contributed by atoms with E-state index >= 15 is 0 Å². The van der Waals surface area contributed by atoms with Gasteiger partial charge in [-0.2, -0.15) is 0 Å². The number of ether oxygens (including phenoxy) is 1. The average Bonchev–Trinajstić information content (AvgIpc) is 3.16. The fourth-order valence-electron chi connectivity index (χ4n) is 1.37. The molecule has 2 heterocycles. The van der Waals surface area contributed by atoms with Crippen LogP contribution in [0.3, 0.4) is 0 Å². The minimum atomic E-state index is -0.713. The molecule has 0 aliphatic rings. The number of rotatable bonds is 5. The topological polar surface area (TPSA) is 98.7 Å². The van der Waals surface area contributed by atoms with Crippen LogP contribution in [0.4, 0.5) is 0 Å². The van der Waals surface area contributed by atoms with E-state index in [1.54, 1.807) is 32.0 Å². The van der Waals surface area contributed by atoms with Gasteiger partial charge in [-0.25, -0.2) is 4.79 Å². The van der Waals surface area contributed by atoms with E-state index in [9.17, 15) is 9.59 Å². The zero-order chi connectivity index (χ0) is 18.1. The van der Waals surface area contributed by atoms with Gasteiger partial charge in [-0.1, -0.05) is 10.3 Å². The van der Waals surface area contributed by atoms with E-state index in [0.717, 1.165) is 0 Å². The smallest absolute Gasteiger partial charge is 0.343 e. The Kier molecular flexibility index (Phi) is 8.00. The third-order valence-corrected chi connectivity index (χ3v) is 2.62. The van der Waals surface area contributed by atoms with Gasteiger partial charge in [0, 0.05) is 32.4 Å². The summed E-state index contributed by atoms with van der Waals surface area (Å²) in [6.07, 6.45) is 2.85. The fourth-order valence-corrected chi connectivity index (χ4v) is 1.60. The van der Waals surface area contributed by atoms with Gasteiger partial charge in [-0.05, 0) is 30.1 Å². The first-order valence-electron chi connectivity index (χ1n) is 6.63. The molecule has 0 unspecified atom stereocenters. The number of Topliss-reactive ketones (excluding diaryl/α,β-unsaturated/α-hetero) is 1. The summed E-state index contributed by atoms with van der Waals surface area (Å²) >= 11 is 10.8. The normalized spacial score (nSPS) is 10.6. The molecule has 0 aliphatic carbocycles. The van der Waals surface area contributed by atoms with Gasteiger partial charge in [0.25, 0.3) is 0 Å². The number of ketones is 1. The predicted octanol–water partition coefficient (Wildman–Crippen LogP) is 2.85. The molecular formula is C14H15Cl2N3O5. The Hall–Kier alpha value is -2.32. The highest BCUT2D eigenvalue weighted by molar-refractivity contribution is 6.30. The molecule has 0 saturated carbocycles. The van der Waals surface area contributed by atoms with Crippen molar-refractivity contribution in [2.24, 2.45) is 0 Å². The maximum atomic E-state index is 12.0. The van der Waals surface area contributed by atoms with Crippen LogP contribution in [-0.2, 0) is 9.53 Å². The number of hydrogen-bond donors (Lipinski definition) is 0. The first-order valence-corrected chi connectivity index (χ1v) is 7.39. The van der Waals surface area contributed by atoms with Crippen molar-refractivity contribution in [1.29, 1.82) is 0 Å². The Morgan fingerprint density at radius 2 is 2.00 bits per heavy atom. The Balaban J connectivity index is 0.000000400. The highest BCUT2D eigenvalue weighted by Crippen LogP contribution is 2.14. The van der Waals surface area contributed by atoms with E-state index in [2.05, 4.69) is 19.4 Å². The van der Waals surface area contributed by atoms with Crippen LogP contribution in [0.5, 0.6) is 0 Å². The summed E-state index contributed by atoms with van der Waals surface area (Å²) in [6, 6.07) is 2.81. The van der Waals surface area contributed by atoms with Gasteiger partial charge >= 0.3 is 5.97 Å². The maximum Gasteiger partial charge on any atom is 0.343 e. The molecular weight excluding hydrogens is 361 g/mol. The zero-order valence-electron chi connectivity index (χ0n) is 13.2. The van der Waals surface area contributed by atoms with Crippen molar-refractivity contribution >= 4 is 35.0 Å². The Labute approximate surface area is 147 Å². The molecule has 0 spiro atoms. The number of esters is 1. The van der Waals surface area contributed by atoms with E-state index < -0.39 is 11.8 Å². The van der Waals surface area contributed by atoms with Gasteiger partial charge in [-0.15, -0.1) is 0 Å². The summed E-state index contributed by atoms with van der Waals surface area (Å²) in [4.78, 5) is 25.3. The van der Waals surface area contributed by atoms with Crippen molar-refractivity contribution in [3.63, 3.8) is 0 Å². The number of carbonyl (C=O) groups is 2. The van der Waals surface area contributed by atoms with Crippen molar-refractivity contribution in [2.45, 2.75) is 6.92 Å². The summed E-state index contributed by atoms with van der Waals surface area (Å²) in [5, 5.41) is 7.08. The summed E-state index contributed by atoms with van der Waals surface area (Å²) in [5.41, 5.74) is -0.173. The summed E-state index contributed by atoms with van der Waals surface area (Å²) < 4.78 is 13.7. The Morgan fingerprint density at radius 1 is 1.29 bits per heavy atom. The second-order valence-corrected chi connectivity index (χ2v) is 5.13. The van der Waals surface area contributed by atoms with E-state index in [1.807, 2.05) is 0 Å². The third kappa shape index (κ3) is 6.43. The summed E-state index contributed by atoms with van der Waals surface area (Å²) in [7, 11) is 3.37. The summed E-state index contributed by atoms with van der Waals surface area (Å²) in [5.74, 6) is -1.31. The highest BCUT2D eigenvalue weighted by Gasteiger charge is 2.24. The van der Waals surface area contributed by atoms with Gasteiger partial charge < -0.3 is 18.7 Å². The molecule has 0 atom stereocenters. The van der Waals surface area contributed by atoms with Gasteiger partial charge in [0.15, 0.2) is 5.69 Å². The van der Waals surface area contributed by atoms with Crippen molar-refractivity contribution in [2.75, 3.05) is 20.7 Å². The molecule has 24 heavy (non-hydrogen) atoms. The van der Waals surface area contributed by atoms with Crippen LogP contribution >= 0.6 is 23.2 Å². The molecule has 0 radical (unpaired) electrons. The van der Waals surface area contributed by atoms with Crippen LogP contribution in [-0.4, -0.2) is 47.7 Å². The number of hydrogen-bond acceptors (Lipinski definition) is 8. The van der Waals surface area contributed by atoms with Crippen LogP contribution < -0.4 is 0 Å². The van der Waals surface area contributed by atoms with Crippen LogP contribution in [0.2, 0.25) is 10.4 Å². The van der Waals surface area contributed by atoms with Crippen molar-refractivity contribution in [1.82, 2.24) is 15.2 Å². The van der Waals surface area contributed by atoms with Gasteiger partial charge in [-0.3, -0.25) is 4.79 Å². The second kappa shape index (κ2) is 9.74. The molecule has 0 fully saturated rings. The Morgan fingerprint density at radius 3 is 2.38 bits per heavy atom. The molecule has 0 amide bonds. The van der Waals surface area contributed by atoms with Crippen LogP contribution in [0.1, 0.15) is 17.4 Å². The number of carbonyl (C=O) groups excluding carboxylic acids is 2. The highest BCUT2D eigenvalue weighted by atomic mass is 35.5. The second-order valence-electron chi connectivity index (χ2n) is 4.39. The minimum Gasteiger partial charge on any atom is -0.462 e. The summed E-state index contributed by atoms with van der Waals surface area (Å²) in [6.45, 7) is 1.83. The van der Waals surface area contributed by atoms with Crippen molar-refractivity contribution in [3.8, 4) is 0 Å². The SMILES string of the molecule is CCOC(=O)C(=CN(C)C)C(=O)c1cc(Cl)on1.Clc1ccno1. The monoisotopic (exact) mass is 375 g/mol. The predicted molar refractivity (Wildman–Crippen MR) is 85.8 cm³/mol. The number of nitrogens with zero attached hydrogens (tertiary/aromatic N) is 3. The third-order valence-electron chi connectivity index (χ3n) is 2.25. The molecule has 0 saturated heterocycles. The van der Waals surface area contributed by atoms with E-state index in [1.165, 1.54) is 18.5 Å². The largest absolute Gasteiger partial charge is 0.462 e. The number of aromatic nitrogens is 2. The zero-order valence-corrected chi connectivity index (χ0v) is 14.7. The molecule has 0 aromatic carbocycles. The van der Waals surface area contributed by atoms with E-state index in [-0.39, 0.29) is 23.1 Å². The molecule has 130 valence electrons. The number of halogens is 2. The average molecular weight is 376 g/mol. The standard InChI is InChI=1S/C11H13ClN2O4.C3H2ClNO/c1-4-17-11(16)7(6-14(2)3)10(15)8-5-9(12)18-13-8;4-3-1-2-5-6-3/h5-6H,4H2,1-3H3;1-2H. The molecule has 0 aliphatic heterocycles. The van der Waals surface area contributed by atoms with Gasteiger partial charge in [0.2, 0.25) is 16.2 Å². The van der Waals surface area contributed by atoms with Crippen molar-refractivity contribution in [3.05, 3.63) is 46.2 Å². The minimum absolute atomic E-state index is 0.0218. The lowest BCUT2D eigenvalue weighted by molar-refractivity contribution is -0.138. The first-order chi connectivity index (χ1) is 11.3. The molecule has 2 rings (SSSR count). The molecule has 0 N–H and O–H groups in total. The molecule has 0 bridgehead atoms. The Bertz CT molecular complexity index is 695. The molecule has 2 aromatic heterocycles. The van der Waals surface area contributed by atoms with Gasteiger partial charge in [0.1, 0.15) is 5.57 Å². The molecule has 8 nitrogen and oxygen atoms in total. The van der Waals surface area contributed by atoms with E-state index in [0.29, 0.717) is 5.22 Å². The van der Waals surface area contributed by atoms with Crippen LogP contribution in [0.25, 0.3) is 0 Å². The lowest BCUT2D eigenvalue weighted by Crippen LogP contribution is -2.19. The van der Waals surface area contributed by atoms with Crippen molar-refractivity contribution < 1.29 is 23.4 Å². The quantitative estimate of drug-likeness (QED) is 0.258. The lowest BCUT2D eigenvalue weighted by Gasteiger charge is -2.09. The fraction of sp³-hybridized carbons (Fsp3) is 0.286. The maximum absolute atomic E-state index is 12.0. The first kappa shape index (κ1) is 19.7. The van der Waals surface area contributed by atoms with Crippen LogP contribution in [0.15, 0.2) is 39.1 Å². The van der Waals surface area contributed by atoms with Crippen LogP contribution in [0, 0.1) is 0 Å². The molecule has 10 heteroatoms.